The second-order valence-corrected chi connectivity index (χ2v) is 4.86. The molecule has 0 bridgehead atoms. The van der Waals surface area contributed by atoms with E-state index in [9.17, 15) is 9.59 Å². The maximum atomic E-state index is 12.2. The smallest absolute Gasteiger partial charge is 0.336 e. The molecule has 4 nitrogen and oxygen atoms in total. The minimum atomic E-state index is -0.456. The Labute approximate surface area is 121 Å². The molecule has 0 unspecified atom stereocenters. The lowest BCUT2D eigenvalue weighted by molar-refractivity contribution is 0.0946. The van der Waals surface area contributed by atoms with Crippen molar-refractivity contribution in [2.45, 2.75) is 20.4 Å². The molecule has 0 saturated heterocycles. The molecular weight excluding hydrogens is 278 g/mol. The van der Waals surface area contributed by atoms with E-state index in [2.05, 4.69) is 5.32 Å². The molecule has 1 aromatic heterocycles. The molecule has 104 valence electrons. The van der Waals surface area contributed by atoms with E-state index in [1.165, 1.54) is 6.07 Å². The molecule has 2 aromatic rings. The monoisotopic (exact) mass is 291 g/mol. The Morgan fingerprint density at radius 2 is 2.00 bits per heavy atom. The fourth-order valence-electron chi connectivity index (χ4n) is 2.00. The van der Waals surface area contributed by atoms with Crippen LogP contribution in [0.4, 0.5) is 0 Å². The van der Waals surface area contributed by atoms with Gasteiger partial charge in [-0.25, -0.2) is 4.79 Å². The number of halogens is 1. The van der Waals surface area contributed by atoms with Gasteiger partial charge in [0.25, 0.3) is 5.91 Å². The zero-order chi connectivity index (χ0) is 14.7. The number of carbonyl (C=O) groups excluding carboxylic acids is 1. The molecule has 20 heavy (non-hydrogen) atoms. The zero-order valence-electron chi connectivity index (χ0n) is 11.2. The summed E-state index contributed by atoms with van der Waals surface area (Å²) in [7, 11) is 0. The Bertz CT molecular complexity index is 680. The van der Waals surface area contributed by atoms with Crippen LogP contribution in [0.15, 0.2) is 39.5 Å². The van der Waals surface area contributed by atoms with E-state index in [0.29, 0.717) is 28.5 Å². The fourth-order valence-corrected chi connectivity index (χ4v) is 2.21. The Morgan fingerprint density at radius 3 is 2.65 bits per heavy atom. The number of nitrogens with one attached hydrogen (secondary N) is 1. The van der Waals surface area contributed by atoms with Gasteiger partial charge >= 0.3 is 5.63 Å². The first-order chi connectivity index (χ1) is 9.49. The van der Waals surface area contributed by atoms with Crippen molar-refractivity contribution in [2.75, 3.05) is 0 Å². The van der Waals surface area contributed by atoms with Crippen LogP contribution in [0.2, 0.25) is 5.02 Å². The van der Waals surface area contributed by atoms with Crippen molar-refractivity contribution in [1.29, 1.82) is 0 Å². The Hall–Kier alpha value is -2.07. The van der Waals surface area contributed by atoms with Gasteiger partial charge in [-0.05, 0) is 31.0 Å². The Kier molecular flexibility index (Phi) is 4.25. The topological polar surface area (TPSA) is 59.3 Å². The number of carbonyl (C=O) groups is 1. The van der Waals surface area contributed by atoms with Crippen molar-refractivity contribution >= 4 is 17.5 Å². The number of rotatable bonds is 3. The van der Waals surface area contributed by atoms with Gasteiger partial charge in [0, 0.05) is 17.6 Å². The summed E-state index contributed by atoms with van der Waals surface area (Å²) in [5, 5.41) is 3.37. The van der Waals surface area contributed by atoms with Crippen molar-refractivity contribution in [3.05, 3.63) is 68.2 Å². The summed E-state index contributed by atoms with van der Waals surface area (Å²) in [6, 6.07) is 8.59. The van der Waals surface area contributed by atoms with Crippen molar-refractivity contribution in [1.82, 2.24) is 5.32 Å². The van der Waals surface area contributed by atoms with Crippen molar-refractivity contribution in [3.63, 3.8) is 0 Å². The zero-order valence-corrected chi connectivity index (χ0v) is 12.0. The van der Waals surface area contributed by atoms with E-state index in [-0.39, 0.29) is 5.91 Å². The van der Waals surface area contributed by atoms with Crippen molar-refractivity contribution < 1.29 is 9.21 Å². The standard InChI is InChI=1S/C15H14ClNO3/c1-9-7-13(18)20-10(2)14(9)15(19)17-8-11-5-3-4-6-12(11)16/h3-7H,8H2,1-2H3,(H,17,19). The highest BCUT2D eigenvalue weighted by Crippen LogP contribution is 2.15. The van der Waals surface area contributed by atoms with Crippen LogP contribution in [0.25, 0.3) is 0 Å². The fraction of sp³-hybridized carbons (Fsp3) is 0.200. The summed E-state index contributed by atoms with van der Waals surface area (Å²) < 4.78 is 4.94. The van der Waals surface area contributed by atoms with Gasteiger partial charge in [-0.1, -0.05) is 29.8 Å². The quantitative estimate of drug-likeness (QED) is 0.946. The van der Waals surface area contributed by atoms with E-state index in [0.717, 1.165) is 5.56 Å². The minimum absolute atomic E-state index is 0.288. The van der Waals surface area contributed by atoms with E-state index >= 15 is 0 Å². The first-order valence-corrected chi connectivity index (χ1v) is 6.50. The number of amides is 1. The van der Waals surface area contributed by atoms with Crippen molar-refractivity contribution in [3.8, 4) is 0 Å². The molecule has 1 heterocycles. The number of hydrogen-bond acceptors (Lipinski definition) is 3. The first-order valence-electron chi connectivity index (χ1n) is 6.12. The lowest BCUT2D eigenvalue weighted by Gasteiger charge is -2.10. The molecule has 2 rings (SSSR count). The van der Waals surface area contributed by atoms with Gasteiger partial charge in [0.1, 0.15) is 5.76 Å². The van der Waals surface area contributed by atoms with Crippen LogP contribution >= 0.6 is 11.6 Å². The van der Waals surface area contributed by atoms with Gasteiger partial charge in [0.2, 0.25) is 0 Å². The molecule has 1 aromatic carbocycles. The molecule has 0 spiro atoms. The van der Waals surface area contributed by atoms with Crippen LogP contribution in [-0.2, 0) is 6.54 Å². The molecule has 0 fully saturated rings. The van der Waals surface area contributed by atoms with Gasteiger partial charge < -0.3 is 9.73 Å². The van der Waals surface area contributed by atoms with Crippen LogP contribution < -0.4 is 10.9 Å². The molecule has 0 aliphatic heterocycles. The highest BCUT2D eigenvalue weighted by molar-refractivity contribution is 6.31. The van der Waals surface area contributed by atoms with E-state index < -0.39 is 5.63 Å². The molecule has 0 radical (unpaired) electrons. The molecule has 1 N–H and O–H groups in total. The molecule has 5 heteroatoms. The average Bonchev–Trinajstić information content (AvgIpc) is 2.36. The van der Waals surface area contributed by atoms with Crippen LogP contribution in [-0.4, -0.2) is 5.91 Å². The van der Waals surface area contributed by atoms with Crippen LogP contribution in [0.1, 0.15) is 27.2 Å². The van der Waals surface area contributed by atoms with E-state index in [4.69, 9.17) is 16.0 Å². The molecular formula is C15H14ClNO3. The molecule has 1 amide bonds. The lowest BCUT2D eigenvalue weighted by atomic mass is 10.1. The maximum Gasteiger partial charge on any atom is 0.336 e. The number of aryl methyl sites for hydroxylation is 2. The minimum Gasteiger partial charge on any atom is -0.427 e. The third kappa shape index (κ3) is 3.08. The predicted molar refractivity (Wildman–Crippen MR) is 77.1 cm³/mol. The summed E-state index contributed by atoms with van der Waals surface area (Å²) in [5.41, 5.74) is 1.35. The third-order valence-electron chi connectivity index (χ3n) is 2.96. The predicted octanol–water partition coefficient (Wildman–Crippen LogP) is 2.84. The van der Waals surface area contributed by atoms with Gasteiger partial charge in [0.05, 0.1) is 5.56 Å². The lowest BCUT2D eigenvalue weighted by Crippen LogP contribution is -2.25. The van der Waals surface area contributed by atoms with Crippen LogP contribution in [0.5, 0.6) is 0 Å². The summed E-state index contributed by atoms with van der Waals surface area (Å²) in [6.07, 6.45) is 0. The van der Waals surface area contributed by atoms with E-state index in [1.807, 2.05) is 18.2 Å². The molecule has 0 saturated carbocycles. The summed E-state index contributed by atoms with van der Waals surface area (Å²) in [4.78, 5) is 23.4. The van der Waals surface area contributed by atoms with Gasteiger partial charge in [-0.2, -0.15) is 0 Å². The van der Waals surface area contributed by atoms with Gasteiger partial charge in [0.15, 0.2) is 0 Å². The Morgan fingerprint density at radius 1 is 1.30 bits per heavy atom. The Balaban J connectivity index is 2.18. The normalized spacial score (nSPS) is 10.3. The van der Waals surface area contributed by atoms with Crippen LogP contribution in [0, 0.1) is 13.8 Å². The third-order valence-corrected chi connectivity index (χ3v) is 3.33. The summed E-state index contributed by atoms with van der Waals surface area (Å²) >= 11 is 6.03. The first kappa shape index (κ1) is 14.3. The molecule has 0 atom stereocenters. The molecule has 0 aliphatic carbocycles. The maximum absolute atomic E-state index is 12.2. The molecule has 0 aliphatic rings. The second-order valence-electron chi connectivity index (χ2n) is 4.45. The van der Waals surface area contributed by atoms with Crippen LogP contribution in [0.3, 0.4) is 0 Å². The summed E-state index contributed by atoms with van der Waals surface area (Å²) in [6.45, 7) is 3.61. The second kappa shape index (κ2) is 5.92. The van der Waals surface area contributed by atoms with Crippen molar-refractivity contribution in [2.24, 2.45) is 0 Å². The largest absolute Gasteiger partial charge is 0.427 e. The highest BCUT2D eigenvalue weighted by atomic mass is 35.5. The highest BCUT2D eigenvalue weighted by Gasteiger charge is 2.15. The SMILES string of the molecule is Cc1cc(=O)oc(C)c1C(=O)NCc1ccccc1Cl. The van der Waals surface area contributed by atoms with Gasteiger partial charge in [-0.15, -0.1) is 0 Å². The summed E-state index contributed by atoms with van der Waals surface area (Å²) in [5.74, 6) is 0.0235. The van der Waals surface area contributed by atoms with E-state index in [1.54, 1.807) is 19.9 Å². The van der Waals surface area contributed by atoms with Gasteiger partial charge in [-0.3, -0.25) is 4.79 Å². The average molecular weight is 292 g/mol. The number of hydrogen-bond donors (Lipinski definition) is 1. The number of benzene rings is 1.